The van der Waals surface area contributed by atoms with Crippen LogP contribution in [0.25, 0.3) is 0 Å². The van der Waals surface area contributed by atoms with E-state index in [9.17, 15) is 14.4 Å². The first-order valence-electron chi connectivity index (χ1n) is 10.3. The quantitative estimate of drug-likeness (QED) is 0.624. The minimum Gasteiger partial charge on any atom is -0.493 e. The molecule has 2 amide bonds. The molecule has 3 rings (SSSR count). The monoisotopic (exact) mass is 418 g/mol. The molecule has 0 aromatic heterocycles. The lowest BCUT2D eigenvalue weighted by Gasteiger charge is -2.33. The minimum absolute atomic E-state index is 0.00430. The van der Waals surface area contributed by atoms with Crippen molar-refractivity contribution < 1.29 is 28.6 Å². The number of piperidine rings is 1. The standard InChI is InChI=1S/C22H30N2O6/c1-28-18-7-6-15(11-19(18)29-2)8-10-23-14-17(12-20(23)25)21(26)24-9-4-5-16(13-24)22(27)30-3/h6-7,11,16-17H,4-5,8-10,12-14H2,1-3H3. The summed E-state index contributed by atoms with van der Waals surface area (Å²) in [6, 6.07) is 5.70. The fourth-order valence-corrected chi connectivity index (χ4v) is 4.25. The fraction of sp³-hybridized carbons (Fsp3) is 0.591. The lowest BCUT2D eigenvalue weighted by atomic mass is 9.96. The van der Waals surface area contributed by atoms with E-state index in [0.717, 1.165) is 18.4 Å². The van der Waals surface area contributed by atoms with Crippen LogP contribution in [0.1, 0.15) is 24.8 Å². The normalized spacial score (nSPS) is 21.5. The van der Waals surface area contributed by atoms with Gasteiger partial charge in [-0.1, -0.05) is 6.07 Å². The van der Waals surface area contributed by atoms with E-state index < -0.39 is 0 Å². The zero-order chi connectivity index (χ0) is 21.7. The van der Waals surface area contributed by atoms with Gasteiger partial charge < -0.3 is 24.0 Å². The van der Waals surface area contributed by atoms with Crippen LogP contribution >= 0.6 is 0 Å². The summed E-state index contributed by atoms with van der Waals surface area (Å²) in [5.41, 5.74) is 1.03. The van der Waals surface area contributed by atoms with Gasteiger partial charge in [0, 0.05) is 32.6 Å². The first-order valence-corrected chi connectivity index (χ1v) is 10.3. The number of ether oxygens (including phenoxy) is 3. The van der Waals surface area contributed by atoms with E-state index in [1.807, 2.05) is 18.2 Å². The molecule has 30 heavy (non-hydrogen) atoms. The molecule has 0 radical (unpaired) electrons. The third kappa shape index (κ3) is 4.86. The van der Waals surface area contributed by atoms with E-state index in [0.29, 0.717) is 44.1 Å². The van der Waals surface area contributed by atoms with Gasteiger partial charge in [0.2, 0.25) is 11.8 Å². The van der Waals surface area contributed by atoms with Gasteiger partial charge in [0.05, 0.1) is 33.2 Å². The van der Waals surface area contributed by atoms with E-state index in [1.54, 1.807) is 24.0 Å². The molecule has 164 valence electrons. The van der Waals surface area contributed by atoms with Gasteiger partial charge in [-0.15, -0.1) is 0 Å². The SMILES string of the molecule is COC(=O)C1CCCN(C(=O)C2CC(=O)N(CCc3ccc(OC)c(OC)c3)C2)C1. The number of likely N-dealkylation sites (tertiary alicyclic amines) is 2. The maximum atomic E-state index is 12.9. The van der Waals surface area contributed by atoms with Crippen LogP contribution in [0.2, 0.25) is 0 Å². The molecule has 1 aromatic carbocycles. The molecule has 2 aliphatic rings. The zero-order valence-electron chi connectivity index (χ0n) is 17.9. The Labute approximate surface area is 177 Å². The molecule has 0 saturated carbocycles. The molecule has 1 aromatic rings. The Morgan fingerprint density at radius 3 is 2.53 bits per heavy atom. The van der Waals surface area contributed by atoms with E-state index >= 15 is 0 Å². The molecule has 2 heterocycles. The molecule has 2 atom stereocenters. The van der Waals surface area contributed by atoms with Crippen LogP contribution in [-0.2, 0) is 25.5 Å². The first kappa shape index (κ1) is 21.9. The summed E-state index contributed by atoms with van der Waals surface area (Å²) in [6.07, 6.45) is 2.40. The third-order valence-corrected chi connectivity index (χ3v) is 5.95. The molecule has 2 unspecified atom stereocenters. The van der Waals surface area contributed by atoms with Gasteiger partial charge in [0.15, 0.2) is 11.5 Å². The summed E-state index contributed by atoms with van der Waals surface area (Å²) in [5.74, 6) is 0.384. The van der Waals surface area contributed by atoms with Gasteiger partial charge >= 0.3 is 5.97 Å². The van der Waals surface area contributed by atoms with Crippen LogP contribution in [0.3, 0.4) is 0 Å². The number of benzene rings is 1. The van der Waals surface area contributed by atoms with Gasteiger partial charge in [-0.2, -0.15) is 0 Å². The van der Waals surface area contributed by atoms with Crippen LogP contribution < -0.4 is 9.47 Å². The summed E-state index contributed by atoms with van der Waals surface area (Å²) < 4.78 is 15.4. The smallest absolute Gasteiger partial charge is 0.310 e. The predicted molar refractivity (Wildman–Crippen MR) is 109 cm³/mol. The Morgan fingerprint density at radius 1 is 1.07 bits per heavy atom. The number of methoxy groups -OCH3 is 3. The Balaban J connectivity index is 1.56. The zero-order valence-corrected chi connectivity index (χ0v) is 17.9. The maximum Gasteiger partial charge on any atom is 0.310 e. The van der Waals surface area contributed by atoms with Crippen molar-refractivity contribution in [2.45, 2.75) is 25.7 Å². The molecule has 8 heteroatoms. The van der Waals surface area contributed by atoms with Crippen molar-refractivity contribution in [1.82, 2.24) is 9.80 Å². The highest BCUT2D eigenvalue weighted by Gasteiger charge is 2.38. The molecule has 0 bridgehead atoms. The van der Waals surface area contributed by atoms with Crippen molar-refractivity contribution in [3.63, 3.8) is 0 Å². The number of carbonyl (C=O) groups excluding carboxylic acids is 3. The van der Waals surface area contributed by atoms with Crippen molar-refractivity contribution in [2.24, 2.45) is 11.8 Å². The number of rotatable bonds is 7. The van der Waals surface area contributed by atoms with Crippen molar-refractivity contribution in [3.8, 4) is 11.5 Å². The van der Waals surface area contributed by atoms with E-state index in [1.165, 1.54) is 7.11 Å². The summed E-state index contributed by atoms with van der Waals surface area (Å²) in [5, 5.41) is 0. The summed E-state index contributed by atoms with van der Waals surface area (Å²) in [7, 11) is 4.55. The molecule has 0 N–H and O–H groups in total. The number of nitrogens with zero attached hydrogens (tertiary/aromatic N) is 2. The molecule has 0 aliphatic carbocycles. The molecule has 8 nitrogen and oxygen atoms in total. The van der Waals surface area contributed by atoms with Crippen LogP contribution in [-0.4, -0.2) is 75.1 Å². The van der Waals surface area contributed by atoms with E-state index in [-0.39, 0.29) is 36.0 Å². The van der Waals surface area contributed by atoms with Gasteiger partial charge in [0.1, 0.15) is 0 Å². The molecular formula is C22H30N2O6. The topological polar surface area (TPSA) is 85.4 Å². The van der Waals surface area contributed by atoms with E-state index in [4.69, 9.17) is 14.2 Å². The summed E-state index contributed by atoms with van der Waals surface area (Å²) in [6.45, 7) is 1.97. The average Bonchev–Trinajstić information content (AvgIpc) is 3.16. The highest BCUT2D eigenvalue weighted by Crippen LogP contribution is 2.28. The predicted octanol–water partition coefficient (Wildman–Crippen LogP) is 1.51. The number of hydrogen-bond donors (Lipinski definition) is 0. The Hall–Kier alpha value is -2.77. The molecular weight excluding hydrogens is 388 g/mol. The van der Waals surface area contributed by atoms with Gasteiger partial charge in [0.25, 0.3) is 0 Å². The van der Waals surface area contributed by atoms with E-state index in [2.05, 4.69) is 0 Å². The summed E-state index contributed by atoms with van der Waals surface area (Å²) in [4.78, 5) is 40.7. The van der Waals surface area contributed by atoms with Crippen LogP contribution in [0.4, 0.5) is 0 Å². The highest BCUT2D eigenvalue weighted by atomic mass is 16.5. The van der Waals surface area contributed by atoms with Crippen molar-refractivity contribution >= 4 is 17.8 Å². The summed E-state index contributed by atoms with van der Waals surface area (Å²) >= 11 is 0. The van der Waals surface area contributed by atoms with Crippen LogP contribution in [0.5, 0.6) is 11.5 Å². The maximum absolute atomic E-state index is 12.9. The first-order chi connectivity index (χ1) is 14.5. The second kappa shape index (κ2) is 9.82. The van der Waals surface area contributed by atoms with Gasteiger partial charge in [-0.3, -0.25) is 14.4 Å². The highest BCUT2D eigenvalue weighted by molar-refractivity contribution is 5.89. The van der Waals surface area contributed by atoms with Gasteiger partial charge in [-0.05, 0) is 37.0 Å². The number of hydrogen-bond acceptors (Lipinski definition) is 6. The average molecular weight is 418 g/mol. The Bertz CT molecular complexity index is 796. The van der Waals surface area contributed by atoms with Crippen LogP contribution in [0, 0.1) is 11.8 Å². The van der Waals surface area contributed by atoms with Crippen LogP contribution in [0.15, 0.2) is 18.2 Å². The van der Waals surface area contributed by atoms with Gasteiger partial charge in [-0.25, -0.2) is 0 Å². The number of carbonyl (C=O) groups is 3. The fourth-order valence-electron chi connectivity index (χ4n) is 4.25. The Morgan fingerprint density at radius 2 is 1.83 bits per heavy atom. The third-order valence-electron chi connectivity index (χ3n) is 5.95. The number of esters is 1. The molecule has 2 saturated heterocycles. The lowest BCUT2D eigenvalue weighted by molar-refractivity contribution is -0.149. The Kier molecular flexibility index (Phi) is 7.18. The van der Waals surface area contributed by atoms with Crippen molar-refractivity contribution in [3.05, 3.63) is 23.8 Å². The molecule has 2 fully saturated rings. The van der Waals surface area contributed by atoms with Crippen molar-refractivity contribution in [2.75, 3.05) is 47.5 Å². The lowest BCUT2D eigenvalue weighted by Crippen LogP contribution is -2.45. The second-order valence-electron chi connectivity index (χ2n) is 7.83. The largest absolute Gasteiger partial charge is 0.493 e. The second-order valence-corrected chi connectivity index (χ2v) is 7.83. The molecule has 0 spiro atoms. The van der Waals surface area contributed by atoms with Crippen molar-refractivity contribution in [1.29, 1.82) is 0 Å². The minimum atomic E-state index is -0.348. The molecule has 2 aliphatic heterocycles. The number of amides is 2.